The number of esters is 1. The van der Waals surface area contributed by atoms with Gasteiger partial charge in [0.25, 0.3) is 7.82 Å². The van der Waals surface area contributed by atoms with Crippen molar-refractivity contribution < 1.29 is 37.3 Å². The third-order valence-electron chi connectivity index (χ3n) is 17.2. The minimum atomic E-state index is -4.70. The van der Waals surface area contributed by atoms with Crippen molar-refractivity contribution in [3.05, 3.63) is 12.2 Å². The number of phosphoric ester groups is 1. The predicted octanol–water partition coefficient (Wildman–Crippen LogP) is 22.8. The molecule has 0 fully saturated rings. The van der Waals surface area contributed by atoms with Gasteiger partial charge in [-0.25, -0.2) is 0 Å². The highest BCUT2D eigenvalue weighted by molar-refractivity contribution is 7.45. The zero-order valence-electron chi connectivity index (χ0n) is 56.7. The van der Waals surface area contributed by atoms with Crippen molar-refractivity contribution in [1.29, 1.82) is 0 Å². The van der Waals surface area contributed by atoms with Crippen LogP contribution in [0.3, 0.4) is 0 Å². The molecular weight excluding hydrogens is 1050 g/mol. The molecule has 0 saturated heterocycles. The monoisotopic (exact) mass is 1190 g/mol. The Labute approximate surface area is 518 Å². The third-order valence-corrected chi connectivity index (χ3v) is 18.2. The van der Waals surface area contributed by atoms with Crippen molar-refractivity contribution in [2.75, 3.05) is 40.9 Å². The van der Waals surface area contributed by atoms with Crippen LogP contribution in [0.1, 0.15) is 393 Å². The molecule has 0 spiro atoms. The lowest BCUT2D eigenvalue weighted by Gasteiger charge is -2.30. The Bertz CT molecular complexity index is 1420. The minimum Gasteiger partial charge on any atom is -0.756 e. The van der Waals surface area contributed by atoms with Gasteiger partial charge in [0.05, 0.1) is 33.8 Å². The fourth-order valence-electron chi connectivity index (χ4n) is 11.5. The van der Waals surface area contributed by atoms with Gasteiger partial charge in [-0.05, 0) is 31.8 Å². The van der Waals surface area contributed by atoms with Crippen LogP contribution in [0.4, 0.5) is 0 Å². The molecule has 3 unspecified atom stereocenters. The molecule has 10 heteroatoms. The molecule has 0 aliphatic rings. The van der Waals surface area contributed by atoms with Gasteiger partial charge in [0.1, 0.15) is 19.3 Å². The van der Waals surface area contributed by atoms with Gasteiger partial charge in [-0.15, -0.1) is 0 Å². The maximum absolute atomic E-state index is 13.6. The second-order valence-electron chi connectivity index (χ2n) is 26.8. The van der Waals surface area contributed by atoms with E-state index in [9.17, 15) is 19.0 Å². The van der Waals surface area contributed by atoms with Crippen molar-refractivity contribution in [1.82, 2.24) is 5.32 Å². The summed E-state index contributed by atoms with van der Waals surface area (Å²) in [6.45, 7) is 6.92. The first-order chi connectivity index (χ1) is 40.4. The summed E-state index contributed by atoms with van der Waals surface area (Å²) < 4.78 is 30.5. The lowest BCUT2D eigenvalue weighted by Crippen LogP contribution is -2.47. The molecule has 0 radical (unpaired) electrons. The Kier molecular flexibility index (Phi) is 62.8. The predicted molar refractivity (Wildman–Crippen MR) is 358 cm³/mol. The number of phosphoric acid groups is 1. The van der Waals surface area contributed by atoms with E-state index in [0.29, 0.717) is 17.4 Å². The molecule has 0 bridgehead atoms. The van der Waals surface area contributed by atoms with Crippen LogP contribution in [0.2, 0.25) is 0 Å². The number of quaternary nitrogens is 1. The summed E-state index contributed by atoms with van der Waals surface area (Å²) in [5.41, 5.74) is 0. The molecule has 0 aromatic heterocycles. The Morgan fingerprint density at radius 3 is 0.988 bits per heavy atom. The van der Waals surface area contributed by atoms with Gasteiger partial charge in [-0.2, -0.15) is 0 Å². The average Bonchev–Trinajstić information content (AvgIpc) is 3.51. The van der Waals surface area contributed by atoms with Crippen LogP contribution in [-0.2, 0) is 27.9 Å². The van der Waals surface area contributed by atoms with E-state index in [1.165, 1.54) is 302 Å². The van der Waals surface area contributed by atoms with Gasteiger partial charge in [-0.1, -0.05) is 361 Å². The van der Waals surface area contributed by atoms with E-state index in [4.69, 9.17) is 13.8 Å². The molecule has 83 heavy (non-hydrogen) atoms. The van der Waals surface area contributed by atoms with Crippen LogP contribution in [-0.4, -0.2) is 69.4 Å². The Balaban J connectivity index is 4.89. The van der Waals surface area contributed by atoms with Gasteiger partial charge in [0, 0.05) is 12.8 Å². The molecule has 0 aromatic carbocycles. The quantitative estimate of drug-likeness (QED) is 0.0212. The third kappa shape index (κ3) is 65.0. The van der Waals surface area contributed by atoms with Crippen LogP contribution in [0.25, 0.3) is 0 Å². The number of unbranched alkanes of at least 4 members (excludes halogenated alkanes) is 53. The molecule has 0 aromatic rings. The van der Waals surface area contributed by atoms with Gasteiger partial charge < -0.3 is 28.5 Å². The maximum Gasteiger partial charge on any atom is 0.306 e. The summed E-state index contributed by atoms with van der Waals surface area (Å²) in [5, 5.41) is 3.05. The fourth-order valence-corrected chi connectivity index (χ4v) is 12.3. The molecule has 9 nitrogen and oxygen atoms in total. The number of nitrogens with one attached hydrogen (secondary N) is 1. The number of rotatable bonds is 69. The number of nitrogens with zero attached hydrogens (tertiary/aromatic N) is 1. The average molecular weight is 1190 g/mol. The van der Waals surface area contributed by atoms with E-state index >= 15 is 0 Å². The van der Waals surface area contributed by atoms with Crippen molar-refractivity contribution in [3.63, 3.8) is 0 Å². The number of likely N-dealkylation sites (N-methyl/N-ethyl adjacent to an activating group) is 1. The molecule has 1 N–H and O–H groups in total. The van der Waals surface area contributed by atoms with E-state index in [2.05, 4.69) is 26.1 Å². The van der Waals surface area contributed by atoms with Crippen LogP contribution in [0, 0.1) is 0 Å². The zero-order valence-corrected chi connectivity index (χ0v) is 57.6. The van der Waals surface area contributed by atoms with Crippen LogP contribution in [0.15, 0.2) is 12.2 Å². The molecular formula is C73H145N2O7P. The number of amides is 1. The Hall–Kier alpha value is -1.25. The summed E-state index contributed by atoms with van der Waals surface area (Å²) in [7, 11) is 1.21. The van der Waals surface area contributed by atoms with Crippen molar-refractivity contribution in [3.8, 4) is 0 Å². The fraction of sp³-hybridized carbons (Fsp3) is 0.945. The number of carbonyl (C=O) groups excluding carboxylic acids is 2. The largest absolute Gasteiger partial charge is 0.756 e. The van der Waals surface area contributed by atoms with Crippen LogP contribution in [0.5, 0.6) is 0 Å². The molecule has 0 rings (SSSR count). The lowest BCUT2D eigenvalue weighted by molar-refractivity contribution is -0.870. The van der Waals surface area contributed by atoms with Crippen LogP contribution >= 0.6 is 7.82 Å². The van der Waals surface area contributed by atoms with Gasteiger partial charge >= 0.3 is 5.97 Å². The molecule has 0 heterocycles. The summed E-state index contributed by atoms with van der Waals surface area (Å²) >= 11 is 0. The first kappa shape index (κ1) is 81.8. The molecule has 1 amide bonds. The minimum absolute atomic E-state index is 0.0164. The Morgan fingerprint density at radius 2 is 0.687 bits per heavy atom. The molecule has 494 valence electrons. The Morgan fingerprint density at radius 1 is 0.410 bits per heavy atom. The van der Waals surface area contributed by atoms with Crippen molar-refractivity contribution in [2.24, 2.45) is 0 Å². The first-order valence-electron chi connectivity index (χ1n) is 37.0. The highest BCUT2D eigenvalue weighted by atomic mass is 31.2. The van der Waals surface area contributed by atoms with E-state index in [1.807, 2.05) is 33.3 Å². The summed E-state index contributed by atoms with van der Waals surface area (Å²) in [5.74, 6) is -0.513. The van der Waals surface area contributed by atoms with E-state index < -0.39 is 20.0 Å². The van der Waals surface area contributed by atoms with Crippen LogP contribution < -0.4 is 10.2 Å². The standard InChI is InChI=1S/C73H145N2O7P/c1-7-10-13-16-19-22-25-27-29-31-33-34-35-36-37-38-39-40-42-43-45-47-50-53-56-59-62-65-72(76)74-70(69-81-83(78,79)80-68-67-75(4,5)6)71(64-61-58-55-52-49-24-21-18-15-12-9-3)82-73(77)66-63-60-57-54-51-48-46-44-41-32-30-28-26-23-20-17-14-11-8-2/h61,64,70-71H,7-60,62-63,65-69H2,1-6H3,(H-,74,76,78,79)/b64-61-. The number of hydrogen-bond acceptors (Lipinski definition) is 7. The lowest BCUT2D eigenvalue weighted by atomic mass is 10.0. The SMILES string of the molecule is CCCCCCCCCCC/C=C\C(OC(=O)CCCCCCCCCCCCCCCCCCCCC)C(COP(=O)([O-])OCC[N+](C)(C)C)NC(=O)CCCCCCCCCCCCCCCCCCCCCCCCCCCCC. The molecule has 0 aliphatic heterocycles. The number of allylic oxidation sites excluding steroid dienone is 1. The molecule has 0 saturated carbocycles. The van der Waals surface area contributed by atoms with Crippen molar-refractivity contribution in [2.45, 2.75) is 405 Å². The number of carbonyl (C=O) groups is 2. The normalized spacial score (nSPS) is 13.5. The van der Waals surface area contributed by atoms with Gasteiger partial charge in [0.15, 0.2) is 0 Å². The molecule has 0 aliphatic carbocycles. The summed E-state index contributed by atoms with van der Waals surface area (Å²) in [6, 6.07) is -0.880. The maximum atomic E-state index is 13.6. The highest BCUT2D eigenvalue weighted by Crippen LogP contribution is 2.38. The number of ether oxygens (including phenoxy) is 1. The first-order valence-corrected chi connectivity index (χ1v) is 38.5. The highest BCUT2D eigenvalue weighted by Gasteiger charge is 2.27. The van der Waals surface area contributed by atoms with Gasteiger partial charge in [0.2, 0.25) is 5.91 Å². The zero-order chi connectivity index (χ0) is 60.7. The molecule has 3 atom stereocenters. The van der Waals surface area contributed by atoms with E-state index in [1.54, 1.807) is 0 Å². The second-order valence-corrected chi connectivity index (χ2v) is 28.2. The second kappa shape index (κ2) is 63.8. The summed E-state index contributed by atoms with van der Waals surface area (Å²) in [6.07, 6.45) is 76.4. The van der Waals surface area contributed by atoms with E-state index in [0.717, 1.165) is 57.8 Å². The number of hydrogen-bond donors (Lipinski definition) is 1. The van der Waals surface area contributed by atoms with Crippen molar-refractivity contribution >= 4 is 19.7 Å². The van der Waals surface area contributed by atoms with Gasteiger partial charge in [-0.3, -0.25) is 14.2 Å². The summed E-state index contributed by atoms with van der Waals surface area (Å²) in [4.78, 5) is 40.2. The van der Waals surface area contributed by atoms with E-state index in [-0.39, 0.29) is 31.5 Å². The smallest absolute Gasteiger partial charge is 0.306 e. The topological polar surface area (TPSA) is 114 Å².